The molecule has 0 spiro atoms. The normalized spacial score (nSPS) is 16.1. The zero-order valence-electron chi connectivity index (χ0n) is 18.7. The predicted molar refractivity (Wildman–Crippen MR) is 122 cm³/mol. The number of hydrogen-bond donors (Lipinski definition) is 1. The number of likely N-dealkylation sites (tertiary alicyclic amines) is 1. The molecule has 0 unspecified atom stereocenters. The Kier molecular flexibility index (Phi) is 6.35. The fourth-order valence-corrected chi connectivity index (χ4v) is 4.15. The molecule has 2 amide bonds. The third-order valence-corrected chi connectivity index (χ3v) is 5.69. The Labute approximate surface area is 187 Å². The Balaban J connectivity index is 1.49. The van der Waals surface area contributed by atoms with Crippen LogP contribution in [-0.4, -0.2) is 39.9 Å². The number of hydrogen-bond acceptors (Lipinski definition) is 5. The number of benzene rings is 2. The number of carbonyl (C=O) groups excluding carboxylic acids is 2. The van der Waals surface area contributed by atoms with Crippen LogP contribution in [0, 0.1) is 13.8 Å². The molecule has 166 valence electrons. The number of carbonyl (C=O) groups is 2. The first-order chi connectivity index (χ1) is 15.4. The summed E-state index contributed by atoms with van der Waals surface area (Å²) in [5.41, 5.74) is 4.36. The lowest BCUT2D eigenvalue weighted by molar-refractivity contribution is -0.115. The standard InChI is InChI=1S/C25H28N4O3/c1-4-22(30)26-21-9-5-7-18(14-21)23-27-24(32-28-23)19-8-6-10-29(15-19)25(31)20-12-16(2)11-17(3)13-20/h5,7,9,11-14,19H,4,6,8,10,15H2,1-3H3,(H,26,30)/t19-/m0/s1. The van der Waals surface area contributed by atoms with E-state index in [1.54, 1.807) is 0 Å². The van der Waals surface area contributed by atoms with Gasteiger partial charge in [-0.25, -0.2) is 0 Å². The molecule has 0 radical (unpaired) electrons. The minimum atomic E-state index is -0.0493. The number of nitrogens with zero attached hydrogens (tertiary/aromatic N) is 3. The van der Waals surface area contributed by atoms with E-state index >= 15 is 0 Å². The molecular formula is C25H28N4O3. The summed E-state index contributed by atoms with van der Waals surface area (Å²) in [6.45, 7) is 7.10. The lowest BCUT2D eigenvalue weighted by Gasteiger charge is -2.31. The topological polar surface area (TPSA) is 88.3 Å². The van der Waals surface area contributed by atoms with E-state index < -0.39 is 0 Å². The smallest absolute Gasteiger partial charge is 0.253 e. The maximum atomic E-state index is 13.1. The van der Waals surface area contributed by atoms with Crippen LogP contribution in [-0.2, 0) is 4.79 Å². The van der Waals surface area contributed by atoms with Crippen LogP contribution in [0.25, 0.3) is 11.4 Å². The first-order valence-corrected chi connectivity index (χ1v) is 11.0. The van der Waals surface area contributed by atoms with Crippen LogP contribution < -0.4 is 5.32 Å². The Bertz CT molecular complexity index is 1120. The van der Waals surface area contributed by atoms with Gasteiger partial charge in [0.2, 0.25) is 17.6 Å². The van der Waals surface area contributed by atoms with Crippen molar-refractivity contribution in [2.45, 2.75) is 46.0 Å². The Morgan fingerprint density at radius 2 is 1.94 bits per heavy atom. The molecule has 7 heteroatoms. The molecule has 4 rings (SSSR count). The van der Waals surface area contributed by atoms with Crippen LogP contribution in [0.3, 0.4) is 0 Å². The zero-order chi connectivity index (χ0) is 22.7. The largest absolute Gasteiger partial charge is 0.339 e. The molecule has 1 saturated heterocycles. The number of aromatic nitrogens is 2. The summed E-state index contributed by atoms with van der Waals surface area (Å²) in [7, 11) is 0. The van der Waals surface area contributed by atoms with Gasteiger partial charge in [-0.2, -0.15) is 4.98 Å². The lowest BCUT2D eigenvalue weighted by Crippen LogP contribution is -2.39. The summed E-state index contributed by atoms with van der Waals surface area (Å²) in [5, 5.41) is 7.00. The monoisotopic (exact) mass is 432 g/mol. The van der Waals surface area contributed by atoms with Crippen molar-refractivity contribution < 1.29 is 14.1 Å². The molecule has 1 aliphatic rings. The number of piperidine rings is 1. The molecule has 2 heterocycles. The molecule has 1 atom stereocenters. The second-order valence-electron chi connectivity index (χ2n) is 8.41. The average Bonchev–Trinajstić information content (AvgIpc) is 3.28. The van der Waals surface area contributed by atoms with Gasteiger partial charge in [-0.05, 0) is 51.0 Å². The van der Waals surface area contributed by atoms with Gasteiger partial charge in [0.1, 0.15) is 0 Å². The van der Waals surface area contributed by atoms with Crippen molar-refractivity contribution in [3.05, 3.63) is 65.0 Å². The van der Waals surface area contributed by atoms with E-state index in [0.717, 1.165) is 41.6 Å². The Morgan fingerprint density at radius 3 is 2.69 bits per heavy atom. The number of amides is 2. The van der Waals surface area contributed by atoms with E-state index in [2.05, 4.69) is 21.5 Å². The minimum Gasteiger partial charge on any atom is -0.339 e. The summed E-state index contributed by atoms with van der Waals surface area (Å²) in [5.74, 6) is 1.02. The average molecular weight is 433 g/mol. The molecule has 1 aromatic heterocycles. The summed E-state index contributed by atoms with van der Waals surface area (Å²) in [6.07, 6.45) is 2.19. The molecule has 0 aliphatic carbocycles. The lowest BCUT2D eigenvalue weighted by atomic mass is 9.96. The van der Waals surface area contributed by atoms with Crippen LogP contribution in [0.4, 0.5) is 5.69 Å². The third-order valence-electron chi connectivity index (χ3n) is 5.69. The van der Waals surface area contributed by atoms with Crippen LogP contribution in [0.5, 0.6) is 0 Å². The molecule has 1 aliphatic heterocycles. The van der Waals surface area contributed by atoms with Crippen LogP contribution in [0.15, 0.2) is 47.0 Å². The quantitative estimate of drug-likeness (QED) is 0.630. The predicted octanol–water partition coefficient (Wildman–Crippen LogP) is 4.72. The van der Waals surface area contributed by atoms with Gasteiger partial charge >= 0.3 is 0 Å². The molecule has 7 nitrogen and oxygen atoms in total. The van der Waals surface area contributed by atoms with Crippen molar-refractivity contribution in [1.82, 2.24) is 15.0 Å². The summed E-state index contributed by atoms with van der Waals surface area (Å²) in [6, 6.07) is 13.3. The maximum absolute atomic E-state index is 13.1. The van der Waals surface area contributed by atoms with Crippen LogP contribution in [0.1, 0.15) is 59.5 Å². The number of aryl methyl sites for hydroxylation is 2. The number of nitrogens with one attached hydrogen (secondary N) is 1. The molecule has 0 saturated carbocycles. The van der Waals surface area contributed by atoms with Gasteiger partial charge in [0, 0.05) is 36.3 Å². The molecular weight excluding hydrogens is 404 g/mol. The SMILES string of the molecule is CCC(=O)Nc1cccc(-c2noc([C@H]3CCCN(C(=O)c4cc(C)cc(C)c4)C3)n2)c1. The highest BCUT2D eigenvalue weighted by molar-refractivity contribution is 5.94. The van der Waals surface area contributed by atoms with E-state index in [0.29, 0.717) is 30.4 Å². The Morgan fingerprint density at radius 1 is 1.16 bits per heavy atom. The summed E-state index contributed by atoms with van der Waals surface area (Å²) < 4.78 is 5.59. The first kappa shape index (κ1) is 21.7. The van der Waals surface area contributed by atoms with Crippen molar-refractivity contribution in [2.75, 3.05) is 18.4 Å². The van der Waals surface area contributed by atoms with Gasteiger partial charge in [0.25, 0.3) is 5.91 Å². The van der Waals surface area contributed by atoms with Gasteiger partial charge in [-0.1, -0.05) is 41.4 Å². The van der Waals surface area contributed by atoms with E-state index in [1.165, 1.54) is 0 Å². The Hall–Kier alpha value is -3.48. The molecule has 0 bridgehead atoms. The fraction of sp³-hybridized carbons (Fsp3) is 0.360. The second-order valence-corrected chi connectivity index (χ2v) is 8.41. The van der Waals surface area contributed by atoms with E-state index in [1.807, 2.05) is 62.1 Å². The highest BCUT2D eigenvalue weighted by atomic mass is 16.5. The van der Waals surface area contributed by atoms with Gasteiger partial charge in [-0.3, -0.25) is 9.59 Å². The van der Waals surface area contributed by atoms with Crippen molar-refractivity contribution in [1.29, 1.82) is 0 Å². The fourth-order valence-electron chi connectivity index (χ4n) is 4.15. The first-order valence-electron chi connectivity index (χ1n) is 11.0. The summed E-state index contributed by atoms with van der Waals surface area (Å²) in [4.78, 5) is 31.2. The van der Waals surface area contributed by atoms with E-state index in [9.17, 15) is 9.59 Å². The minimum absolute atomic E-state index is 0.00262. The number of rotatable bonds is 5. The third kappa shape index (κ3) is 4.88. The van der Waals surface area contributed by atoms with Gasteiger partial charge in [-0.15, -0.1) is 0 Å². The van der Waals surface area contributed by atoms with Crippen LogP contribution >= 0.6 is 0 Å². The van der Waals surface area contributed by atoms with E-state index in [-0.39, 0.29) is 17.7 Å². The second kappa shape index (κ2) is 9.34. The van der Waals surface area contributed by atoms with Crippen molar-refractivity contribution in [3.63, 3.8) is 0 Å². The highest BCUT2D eigenvalue weighted by Gasteiger charge is 2.29. The molecule has 32 heavy (non-hydrogen) atoms. The van der Waals surface area contributed by atoms with Gasteiger partial charge in [0.05, 0.1) is 5.92 Å². The highest BCUT2D eigenvalue weighted by Crippen LogP contribution is 2.29. The molecule has 3 aromatic rings. The molecule has 1 N–H and O–H groups in total. The van der Waals surface area contributed by atoms with E-state index in [4.69, 9.17) is 4.52 Å². The molecule has 2 aromatic carbocycles. The van der Waals surface area contributed by atoms with Gasteiger partial charge < -0.3 is 14.7 Å². The molecule has 1 fully saturated rings. The van der Waals surface area contributed by atoms with Crippen molar-refractivity contribution >= 4 is 17.5 Å². The van der Waals surface area contributed by atoms with Crippen LogP contribution in [0.2, 0.25) is 0 Å². The van der Waals surface area contributed by atoms with Gasteiger partial charge in [0.15, 0.2) is 0 Å². The van der Waals surface area contributed by atoms with Crippen molar-refractivity contribution in [2.24, 2.45) is 0 Å². The summed E-state index contributed by atoms with van der Waals surface area (Å²) >= 11 is 0. The zero-order valence-corrected chi connectivity index (χ0v) is 18.7. The maximum Gasteiger partial charge on any atom is 0.253 e. The number of anilines is 1. The van der Waals surface area contributed by atoms with Crippen molar-refractivity contribution in [3.8, 4) is 11.4 Å².